The fourth-order valence-corrected chi connectivity index (χ4v) is 6.36. The Hall–Kier alpha value is -2.52. The van der Waals surface area contributed by atoms with Gasteiger partial charge in [-0.1, -0.05) is 0 Å². The van der Waals surface area contributed by atoms with Gasteiger partial charge in [-0.2, -0.15) is 13.2 Å². The van der Waals surface area contributed by atoms with Crippen LogP contribution in [0.5, 0.6) is 0 Å². The first-order valence-electron chi connectivity index (χ1n) is 10.1. The van der Waals surface area contributed by atoms with Gasteiger partial charge in [-0.05, 0) is 43.1 Å². The van der Waals surface area contributed by atoms with Crippen molar-refractivity contribution in [1.82, 2.24) is 9.97 Å². The van der Waals surface area contributed by atoms with E-state index >= 15 is 0 Å². The highest BCUT2D eigenvalue weighted by atomic mass is 19.4. The van der Waals surface area contributed by atoms with Crippen LogP contribution in [-0.4, -0.2) is 28.0 Å². The van der Waals surface area contributed by atoms with E-state index in [0.717, 1.165) is 0 Å². The van der Waals surface area contributed by atoms with Crippen LogP contribution in [0.1, 0.15) is 60.6 Å². The molecule has 0 radical (unpaired) electrons. The fourth-order valence-electron chi connectivity index (χ4n) is 6.36. The van der Waals surface area contributed by atoms with E-state index in [1.54, 1.807) is 0 Å². The number of carbonyl (C=O) groups is 1. The van der Waals surface area contributed by atoms with Gasteiger partial charge in [-0.25, -0.2) is 8.78 Å². The number of halogens is 5. The fraction of sp³-hybridized carbons (Fsp3) is 0.571. The van der Waals surface area contributed by atoms with Crippen LogP contribution in [-0.2, 0) is 0 Å². The van der Waals surface area contributed by atoms with Gasteiger partial charge in [0.2, 0.25) is 5.92 Å². The van der Waals surface area contributed by atoms with Crippen molar-refractivity contribution >= 4 is 16.8 Å². The molecule has 3 N–H and O–H groups in total. The summed E-state index contributed by atoms with van der Waals surface area (Å²) < 4.78 is 68.7. The van der Waals surface area contributed by atoms with Gasteiger partial charge in [0, 0.05) is 36.7 Å². The number of rotatable bonds is 3. The van der Waals surface area contributed by atoms with Crippen molar-refractivity contribution in [3.05, 3.63) is 39.9 Å². The maximum atomic E-state index is 14.3. The summed E-state index contributed by atoms with van der Waals surface area (Å²) in [5.74, 6) is -5.01. The van der Waals surface area contributed by atoms with Crippen molar-refractivity contribution in [1.29, 1.82) is 0 Å². The Bertz CT molecular complexity index is 1140. The third-order valence-electron chi connectivity index (χ3n) is 7.68. The van der Waals surface area contributed by atoms with Gasteiger partial charge in [0.1, 0.15) is 5.69 Å². The van der Waals surface area contributed by atoms with Crippen molar-refractivity contribution in [2.24, 2.45) is 22.5 Å². The zero-order valence-electron chi connectivity index (χ0n) is 16.4. The Morgan fingerprint density at radius 3 is 2.52 bits per heavy atom. The van der Waals surface area contributed by atoms with Crippen molar-refractivity contribution in [2.75, 3.05) is 0 Å². The summed E-state index contributed by atoms with van der Waals surface area (Å²) in [6.45, 7) is 0. The molecule has 0 unspecified atom stereocenters. The quantitative estimate of drug-likeness (QED) is 0.697. The van der Waals surface area contributed by atoms with Gasteiger partial charge in [-0.15, -0.1) is 0 Å². The van der Waals surface area contributed by atoms with Gasteiger partial charge in [-0.3, -0.25) is 14.6 Å². The predicted octanol–water partition coefficient (Wildman–Crippen LogP) is 4.27. The first kappa shape index (κ1) is 20.4. The largest absolute Gasteiger partial charge is 0.394 e. The SMILES string of the molecule is NC(=O)c1nccc2[nH]c([C@H]3CC(F)(F)CC[C@@H]3C34CC(C(F)(F)F)(C3)C4)cc(=O)c12. The van der Waals surface area contributed by atoms with E-state index in [0.29, 0.717) is 0 Å². The highest BCUT2D eigenvalue weighted by molar-refractivity contribution is 6.03. The Balaban J connectivity index is 1.55. The summed E-state index contributed by atoms with van der Waals surface area (Å²) in [7, 11) is 0. The molecule has 4 saturated carbocycles. The number of H-pyrrole nitrogens is 1. The maximum absolute atomic E-state index is 14.3. The van der Waals surface area contributed by atoms with Crippen LogP contribution in [0.2, 0.25) is 0 Å². The number of aromatic amines is 1. The third kappa shape index (κ3) is 2.82. The second-order valence-electron chi connectivity index (χ2n) is 9.52. The van der Waals surface area contributed by atoms with Crippen molar-refractivity contribution in [3.8, 4) is 0 Å². The molecule has 4 aliphatic carbocycles. The average molecular weight is 441 g/mol. The number of hydrogen-bond acceptors (Lipinski definition) is 3. The monoisotopic (exact) mass is 441 g/mol. The van der Waals surface area contributed by atoms with Gasteiger partial charge in [0.15, 0.2) is 5.43 Å². The van der Waals surface area contributed by atoms with E-state index in [1.165, 1.54) is 18.3 Å². The van der Waals surface area contributed by atoms with Crippen molar-refractivity contribution < 1.29 is 26.7 Å². The third-order valence-corrected chi connectivity index (χ3v) is 7.68. The van der Waals surface area contributed by atoms with E-state index in [9.17, 15) is 31.5 Å². The Labute approximate surface area is 173 Å². The molecule has 10 heteroatoms. The first-order chi connectivity index (χ1) is 14.4. The smallest absolute Gasteiger partial charge is 0.364 e. The second-order valence-corrected chi connectivity index (χ2v) is 9.52. The second kappa shape index (κ2) is 6.04. The number of nitrogens with two attached hydrogens (primary N) is 1. The molecule has 6 rings (SSSR count). The number of pyridine rings is 2. The predicted molar refractivity (Wildman–Crippen MR) is 101 cm³/mol. The molecule has 2 heterocycles. The number of alkyl halides is 5. The highest BCUT2D eigenvalue weighted by Gasteiger charge is 2.80. The van der Waals surface area contributed by atoms with Gasteiger partial charge in [0.25, 0.3) is 5.91 Å². The summed E-state index contributed by atoms with van der Waals surface area (Å²) in [5.41, 5.74) is 2.69. The molecule has 4 aliphatic rings. The van der Waals surface area contributed by atoms with Gasteiger partial charge < -0.3 is 10.7 Å². The molecule has 166 valence electrons. The van der Waals surface area contributed by atoms with Crippen LogP contribution in [0.15, 0.2) is 23.1 Å². The van der Waals surface area contributed by atoms with Crippen molar-refractivity contribution in [3.63, 3.8) is 0 Å². The molecule has 2 aromatic heterocycles. The lowest BCUT2D eigenvalue weighted by molar-refractivity contribution is -0.380. The molecule has 0 spiro atoms. The Morgan fingerprint density at radius 2 is 1.90 bits per heavy atom. The topological polar surface area (TPSA) is 88.8 Å². The zero-order chi connectivity index (χ0) is 22.4. The minimum absolute atomic E-state index is 0.0283. The van der Waals surface area contributed by atoms with Crippen LogP contribution >= 0.6 is 0 Å². The number of primary amides is 1. The van der Waals surface area contributed by atoms with Gasteiger partial charge >= 0.3 is 6.18 Å². The number of nitrogens with one attached hydrogen (secondary N) is 1. The lowest BCUT2D eigenvalue weighted by Gasteiger charge is -2.74. The number of carbonyl (C=O) groups excluding carboxylic acids is 1. The standard InChI is InChI=1S/C21H20F5N3O2/c22-20(23)3-1-11(18-7-19(8-18,9-18)21(24,25)26)10(6-20)13-5-14(30)15-12(29-13)2-4-28-16(15)17(27)31/h2,4-5,10-11H,1,3,6-9H2,(H2,27,31)(H,29,30)/t10-,11-,18?,19?/m0/s1. The lowest BCUT2D eigenvalue weighted by atomic mass is 9.30. The molecular formula is C21H20F5N3O2. The number of fused-ring (bicyclic) bond motifs is 1. The molecule has 4 fully saturated rings. The molecular weight excluding hydrogens is 421 g/mol. The van der Waals surface area contributed by atoms with Gasteiger partial charge in [0.05, 0.1) is 16.3 Å². The number of aromatic nitrogens is 2. The summed E-state index contributed by atoms with van der Waals surface area (Å²) in [6.07, 6.45) is -3.91. The molecule has 2 aromatic rings. The molecule has 0 aliphatic heterocycles. The molecule has 0 saturated heterocycles. The molecule has 31 heavy (non-hydrogen) atoms. The van der Waals surface area contributed by atoms with Crippen LogP contribution in [0.4, 0.5) is 22.0 Å². The molecule has 1 amide bonds. The zero-order valence-corrected chi connectivity index (χ0v) is 16.4. The highest BCUT2D eigenvalue weighted by Crippen LogP contribution is 2.82. The number of amides is 1. The van der Waals surface area contributed by atoms with Crippen molar-refractivity contribution in [2.45, 2.75) is 56.5 Å². The van der Waals surface area contributed by atoms with Crippen LogP contribution in [0.25, 0.3) is 10.9 Å². The summed E-state index contributed by atoms with van der Waals surface area (Å²) in [6, 6.07) is 2.61. The minimum atomic E-state index is -4.28. The Kier molecular flexibility index (Phi) is 3.97. The molecule has 2 atom stereocenters. The normalized spacial score (nSPS) is 34.1. The number of nitrogens with zero attached hydrogens (tertiary/aromatic N) is 1. The van der Waals surface area contributed by atoms with E-state index in [-0.39, 0.29) is 60.3 Å². The van der Waals surface area contributed by atoms with E-state index in [4.69, 9.17) is 5.73 Å². The maximum Gasteiger partial charge on any atom is 0.394 e. The minimum Gasteiger partial charge on any atom is -0.364 e. The van der Waals surface area contributed by atoms with E-state index < -0.39 is 46.6 Å². The Morgan fingerprint density at radius 1 is 1.23 bits per heavy atom. The van der Waals surface area contributed by atoms with Crippen LogP contribution < -0.4 is 11.2 Å². The first-order valence-corrected chi connectivity index (χ1v) is 10.1. The molecule has 5 nitrogen and oxygen atoms in total. The summed E-state index contributed by atoms with van der Waals surface area (Å²) >= 11 is 0. The molecule has 0 aromatic carbocycles. The van der Waals surface area contributed by atoms with E-state index in [1.807, 2.05) is 0 Å². The average Bonchev–Trinajstić information content (AvgIpc) is 2.58. The summed E-state index contributed by atoms with van der Waals surface area (Å²) in [5, 5.41) is -0.0283. The number of hydrogen-bond donors (Lipinski definition) is 2. The van der Waals surface area contributed by atoms with E-state index in [2.05, 4.69) is 9.97 Å². The van der Waals surface area contributed by atoms with Crippen LogP contribution in [0, 0.1) is 16.7 Å². The summed E-state index contributed by atoms with van der Waals surface area (Å²) in [4.78, 5) is 31.2. The lowest BCUT2D eigenvalue weighted by Crippen LogP contribution is -2.71. The van der Waals surface area contributed by atoms with Crippen LogP contribution in [0.3, 0.4) is 0 Å². The molecule has 2 bridgehead atoms.